The molecule has 1 heteroatoms. The number of hydrogen-bond donors (Lipinski definition) is 0. The van der Waals surface area contributed by atoms with Crippen LogP contribution in [0.4, 0.5) is 0 Å². The fraction of sp³-hybridized carbons (Fsp3) is 0.917. The molecule has 1 fully saturated rings. The lowest BCUT2D eigenvalue weighted by Gasteiger charge is -2.36. The first-order chi connectivity index (χ1) is 5.91. The highest BCUT2D eigenvalue weighted by Crippen LogP contribution is 2.39. The van der Waals surface area contributed by atoms with Crippen LogP contribution in [0.25, 0.3) is 0 Å². The van der Waals surface area contributed by atoms with E-state index >= 15 is 0 Å². The summed E-state index contributed by atoms with van der Waals surface area (Å²) >= 11 is 0. The van der Waals surface area contributed by atoms with Gasteiger partial charge in [0.15, 0.2) is 0 Å². The van der Waals surface area contributed by atoms with Crippen molar-refractivity contribution in [3.05, 3.63) is 0 Å². The van der Waals surface area contributed by atoms with Crippen molar-refractivity contribution in [3.8, 4) is 0 Å². The fourth-order valence-corrected chi connectivity index (χ4v) is 2.37. The largest absolute Gasteiger partial charge is 0.300 e. The van der Waals surface area contributed by atoms with Crippen LogP contribution >= 0.6 is 0 Å². The Bertz CT molecular complexity index is 180. The molecule has 0 N–H and O–H groups in total. The van der Waals surface area contributed by atoms with E-state index in [1.165, 1.54) is 12.8 Å². The van der Waals surface area contributed by atoms with Crippen molar-refractivity contribution in [2.24, 2.45) is 17.3 Å². The van der Waals surface area contributed by atoms with Crippen LogP contribution in [0.1, 0.15) is 53.4 Å². The number of hydrogen-bond acceptors (Lipinski definition) is 1. The first-order valence-corrected chi connectivity index (χ1v) is 5.41. The summed E-state index contributed by atoms with van der Waals surface area (Å²) in [7, 11) is 0. The first kappa shape index (κ1) is 10.7. The van der Waals surface area contributed by atoms with E-state index in [1.807, 2.05) is 0 Å². The third-order valence-corrected chi connectivity index (χ3v) is 3.53. The highest BCUT2D eigenvalue weighted by atomic mass is 16.1. The van der Waals surface area contributed by atoms with Crippen LogP contribution in [0.2, 0.25) is 0 Å². The highest BCUT2D eigenvalue weighted by Gasteiger charge is 2.30. The molecule has 1 aliphatic carbocycles. The summed E-state index contributed by atoms with van der Waals surface area (Å²) in [6.45, 7) is 8.67. The van der Waals surface area contributed by atoms with Crippen LogP contribution in [-0.2, 0) is 4.79 Å². The van der Waals surface area contributed by atoms with E-state index in [0.717, 1.165) is 18.8 Å². The molecule has 1 saturated carbocycles. The monoisotopic (exact) mass is 182 g/mol. The van der Waals surface area contributed by atoms with Crippen LogP contribution in [-0.4, -0.2) is 5.78 Å². The summed E-state index contributed by atoms with van der Waals surface area (Å²) in [4.78, 5) is 11.2. The van der Waals surface area contributed by atoms with Crippen molar-refractivity contribution in [3.63, 3.8) is 0 Å². The molecule has 0 radical (unpaired) electrons. The topological polar surface area (TPSA) is 17.1 Å². The van der Waals surface area contributed by atoms with Crippen molar-refractivity contribution >= 4 is 5.78 Å². The number of ketones is 1. The number of carbonyl (C=O) groups excluding carboxylic acids is 1. The molecule has 0 bridgehead atoms. The fourth-order valence-electron chi connectivity index (χ4n) is 2.37. The van der Waals surface area contributed by atoms with E-state index in [1.54, 1.807) is 6.92 Å². The lowest BCUT2D eigenvalue weighted by molar-refractivity contribution is -0.122. The molecule has 0 spiro atoms. The standard InChI is InChI=1S/C12H22O/c1-9(13)10-5-7-11(8-6-10)12(2,3)4/h10-11H,5-8H2,1-4H3/t10-,11+. The SMILES string of the molecule is CC(=O)[C@H]1CC[C@@H](C(C)(C)C)CC1. The molecule has 0 aliphatic heterocycles. The summed E-state index contributed by atoms with van der Waals surface area (Å²) in [5.74, 6) is 1.59. The zero-order valence-electron chi connectivity index (χ0n) is 9.39. The van der Waals surface area contributed by atoms with E-state index in [-0.39, 0.29) is 0 Å². The van der Waals surface area contributed by atoms with Gasteiger partial charge in [-0.3, -0.25) is 4.79 Å². The van der Waals surface area contributed by atoms with Gasteiger partial charge in [-0.25, -0.2) is 0 Å². The molecule has 0 aromatic carbocycles. The molecule has 0 atom stereocenters. The molecule has 76 valence electrons. The van der Waals surface area contributed by atoms with Gasteiger partial charge in [-0.15, -0.1) is 0 Å². The number of carbonyl (C=O) groups is 1. The van der Waals surface area contributed by atoms with Crippen LogP contribution in [0.5, 0.6) is 0 Å². The van der Waals surface area contributed by atoms with Gasteiger partial charge < -0.3 is 0 Å². The Morgan fingerprint density at radius 1 is 1.08 bits per heavy atom. The van der Waals surface area contributed by atoms with Gasteiger partial charge >= 0.3 is 0 Å². The Labute approximate surface area is 81.9 Å². The molecule has 1 rings (SSSR count). The third-order valence-electron chi connectivity index (χ3n) is 3.53. The number of rotatable bonds is 1. The smallest absolute Gasteiger partial charge is 0.132 e. The Kier molecular flexibility index (Phi) is 3.15. The molecule has 0 saturated heterocycles. The lowest BCUT2D eigenvalue weighted by atomic mass is 9.69. The van der Waals surface area contributed by atoms with Gasteiger partial charge in [0.25, 0.3) is 0 Å². The second-order valence-electron chi connectivity index (χ2n) is 5.53. The van der Waals surface area contributed by atoms with E-state index in [9.17, 15) is 4.79 Å². The van der Waals surface area contributed by atoms with Crippen molar-refractivity contribution in [1.29, 1.82) is 0 Å². The molecular formula is C12H22O. The van der Waals surface area contributed by atoms with Crippen LogP contribution in [0.15, 0.2) is 0 Å². The average molecular weight is 182 g/mol. The van der Waals surface area contributed by atoms with Gasteiger partial charge in [-0.2, -0.15) is 0 Å². The van der Waals surface area contributed by atoms with Crippen molar-refractivity contribution in [2.45, 2.75) is 53.4 Å². The van der Waals surface area contributed by atoms with Crippen LogP contribution in [0.3, 0.4) is 0 Å². The molecule has 1 aliphatic rings. The molecule has 1 nitrogen and oxygen atoms in total. The van der Waals surface area contributed by atoms with Gasteiger partial charge in [0.1, 0.15) is 5.78 Å². The Balaban J connectivity index is 2.44. The lowest BCUT2D eigenvalue weighted by Crippen LogP contribution is -2.27. The summed E-state index contributed by atoms with van der Waals surface area (Å²) < 4.78 is 0. The van der Waals surface area contributed by atoms with Crippen LogP contribution < -0.4 is 0 Å². The van der Waals surface area contributed by atoms with Crippen LogP contribution in [0, 0.1) is 17.3 Å². The Hall–Kier alpha value is -0.330. The molecule has 0 unspecified atom stereocenters. The minimum Gasteiger partial charge on any atom is -0.300 e. The summed E-state index contributed by atoms with van der Waals surface area (Å²) in [6.07, 6.45) is 4.73. The maximum absolute atomic E-state index is 11.2. The minimum atomic E-state index is 0.374. The van der Waals surface area contributed by atoms with Gasteiger partial charge in [-0.1, -0.05) is 20.8 Å². The van der Waals surface area contributed by atoms with Crippen molar-refractivity contribution in [2.75, 3.05) is 0 Å². The predicted molar refractivity (Wildman–Crippen MR) is 55.6 cm³/mol. The van der Waals surface area contributed by atoms with Gasteiger partial charge in [0.05, 0.1) is 0 Å². The highest BCUT2D eigenvalue weighted by molar-refractivity contribution is 5.78. The first-order valence-electron chi connectivity index (χ1n) is 5.41. The maximum atomic E-state index is 11.2. The number of Topliss-reactive ketones (excluding diaryl/α,β-unsaturated/α-hetero) is 1. The summed E-state index contributed by atoms with van der Waals surface area (Å²) in [5, 5.41) is 0. The average Bonchev–Trinajstić information content (AvgIpc) is 2.03. The third kappa shape index (κ3) is 2.82. The Morgan fingerprint density at radius 3 is 1.85 bits per heavy atom. The van der Waals surface area contributed by atoms with E-state index < -0.39 is 0 Å². The molecule has 0 aromatic heterocycles. The second kappa shape index (κ2) is 3.81. The zero-order chi connectivity index (χ0) is 10.1. The molecular weight excluding hydrogens is 160 g/mol. The predicted octanol–water partition coefficient (Wildman–Crippen LogP) is 3.43. The van der Waals surface area contributed by atoms with Crippen molar-refractivity contribution < 1.29 is 4.79 Å². The molecule has 0 aromatic rings. The van der Waals surface area contributed by atoms with E-state index in [0.29, 0.717) is 17.1 Å². The second-order valence-corrected chi connectivity index (χ2v) is 5.53. The Morgan fingerprint density at radius 2 is 1.54 bits per heavy atom. The normalized spacial score (nSPS) is 30.2. The van der Waals surface area contributed by atoms with Gasteiger partial charge in [0, 0.05) is 5.92 Å². The minimum absolute atomic E-state index is 0.374. The quantitative estimate of drug-likeness (QED) is 0.607. The zero-order valence-corrected chi connectivity index (χ0v) is 9.39. The molecule has 13 heavy (non-hydrogen) atoms. The van der Waals surface area contributed by atoms with Crippen molar-refractivity contribution in [1.82, 2.24) is 0 Å². The molecule has 0 amide bonds. The summed E-state index contributed by atoms with van der Waals surface area (Å²) in [6, 6.07) is 0. The van der Waals surface area contributed by atoms with Gasteiger partial charge in [0.2, 0.25) is 0 Å². The van der Waals surface area contributed by atoms with E-state index in [4.69, 9.17) is 0 Å². The van der Waals surface area contributed by atoms with Gasteiger partial charge in [-0.05, 0) is 43.9 Å². The van der Waals surface area contributed by atoms with E-state index in [2.05, 4.69) is 20.8 Å². The maximum Gasteiger partial charge on any atom is 0.132 e. The summed E-state index contributed by atoms with van der Waals surface area (Å²) in [5.41, 5.74) is 0.432. The molecule has 0 heterocycles.